The number of carbonyl (C=O) groups excluding carboxylic acids is 1. The first-order valence-electron chi connectivity index (χ1n) is 9.41. The summed E-state index contributed by atoms with van der Waals surface area (Å²) in [5, 5.41) is 10.4. The van der Waals surface area contributed by atoms with Gasteiger partial charge in [0.15, 0.2) is 14.2 Å². The number of nitrogens with zero attached hydrogens (tertiary/aromatic N) is 1. The molecule has 0 radical (unpaired) electrons. The van der Waals surface area contributed by atoms with Crippen molar-refractivity contribution in [1.82, 2.24) is 5.01 Å². The topological polar surface area (TPSA) is 117 Å². The average molecular weight is 501 g/mol. The number of para-hydroxylation sites is 1. The van der Waals surface area contributed by atoms with Gasteiger partial charge in [0.05, 0.1) is 21.1 Å². The molecule has 8 nitrogen and oxygen atoms in total. The van der Waals surface area contributed by atoms with Crippen LogP contribution in [-0.2, 0) is 14.6 Å². The second kappa shape index (κ2) is 8.85. The highest BCUT2D eigenvalue weighted by Gasteiger charge is 2.33. The van der Waals surface area contributed by atoms with E-state index in [9.17, 15) is 23.1 Å². The first kappa shape index (κ1) is 22.8. The minimum absolute atomic E-state index is 0.00750. The maximum Gasteiger partial charge on any atom is 0.337 e. The van der Waals surface area contributed by atoms with Crippen molar-refractivity contribution in [2.45, 2.75) is 4.90 Å². The van der Waals surface area contributed by atoms with E-state index in [-0.39, 0.29) is 20.5 Å². The number of hydrogen-bond acceptors (Lipinski definition) is 8. The fourth-order valence-electron chi connectivity index (χ4n) is 3.03. The quantitative estimate of drug-likeness (QED) is 0.378. The van der Waals surface area contributed by atoms with Crippen molar-refractivity contribution in [2.24, 2.45) is 0 Å². The molecule has 2 heterocycles. The number of thioether (sulfide) groups is 1. The summed E-state index contributed by atoms with van der Waals surface area (Å²) >= 11 is 6.33. The van der Waals surface area contributed by atoms with Gasteiger partial charge >= 0.3 is 5.97 Å². The van der Waals surface area contributed by atoms with Gasteiger partial charge < -0.3 is 9.52 Å². The third-order valence-electron chi connectivity index (χ3n) is 4.65. The summed E-state index contributed by atoms with van der Waals surface area (Å²) in [7, 11) is -3.29. The molecule has 2 N–H and O–H groups in total. The lowest BCUT2D eigenvalue weighted by Crippen LogP contribution is -2.34. The van der Waals surface area contributed by atoms with Crippen molar-refractivity contribution in [3.05, 3.63) is 76.9 Å². The molecule has 1 fully saturated rings. The number of carboxylic acid groups (broad SMARTS) is 1. The minimum Gasteiger partial charge on any atom is -0.478 e. The summed E-state index contributed by atoms with van der Waals surface area (Å²) in [5.41, 5.74) is 3.70. The Bertz CT molecular complexity index is 1410. The van der Waals surface area contributed by atoms with Gasteiger partial charge in [0.2, 0.25) is 0 Å². The van der Waals surface area contributed by atoms with Gasteiger partial charge in [0.1, 0.15) is 11.5 Å². The van der Waals surface area contributed by atoms with E-state index in [2.05, 4.69) is 5.43 Å². The molecule has 1 aliphatic rings. The van der Waals surface area contributed by atoms with E-state index >= 15 is 0 Å². The number of amides is 1. The molecule has 0 aliphatic carbocycles. The third-order valence-corrected chi connectivity index (χ3v) is 7.08. The van der Waals surface area contributed by atoms with Gasteiger partial charge in [-0.2, -0.15) is 0 Å². The number of benzene rings is 2. The van der Waals surface area contributed by atoms with Gasteiger partial charge in [-0.1, -0.05) is 23.9 Å². The van der Waals surface area contributed by atoms with Crippen LogP contribution in [-0.4, -0.2) is 41.0 Å². The Hall–Kier alpha value is -3.41. The van der Waals surface area contributed by atoms with Gasteiger partial charge in [-0.3, -0.25) is 10.2 Å². The molecule has 0 spiro atoms. The van der Waals surface area contributed by atoms with Crippen molar-refractivity contribution < 1.29 is 27.5 Å². The Morgan fingerprint density at radius 3 is 2.48 bits per heavy atom. The van der Waals surface area contributed by atoms with Crippen molar-refractivity contribution in [3.8, 4) is 11.3 Å². The van der Waals surface area contributed by atoms with Crippen molar-refractivity contribution >= 4 is 61.8 Å². The van der Waals surface area contributed by atoms with E-state index in [1.54, 1.807) is 48.5 Å². The molecule has 0 atom stereocenters. The highest BCUT2D eigenvalue weighted by atomic mass is 32.2. The standard InChI is InChI=1S/C22H16N2O6S3/c1-33(28,29)15-9-6-13(7-10-15)18-11-8-14(30-18)12-19-20(25)24(22(31)32-19)23-17-5-3-2-4-16(17)21(26)27/h2-12,23H,1H3,(H,26,27)/b19-12+. The molecule has 0 bridgehead atoms. The molecule has 1 aromatic heterocycles. The van der Waals surface area contributed by atoms with Crippen LogP contribution < -0.4 is 5.43 Å². The predicted molar refractivity (Wildman–Crippen MR) is 129 cm³/mol. The summed E-state index contributed by atoms with van der Waals surface area (Å²) in [6, 6.07) is 15.9. The Balaban J connectivity index is 1.54. The van der Waals surface area contributed by atoms with Gasteiger partial charge in [-0.05, 0) is 60.7 Å². The van der Waals surface area contributed by atoms with Crippen LogP contribution >= 0.6 is 24.0 Å². The number of hydrogen-bond donors (Lipinski definition) is 2. The number of rotatable bonds is 6. The van der Waals surface area contributed by atoms with Crippen molar-refractivity contribution in [2.75, 3.05) is 11.7 Å². The summed E-state index contributed by atoms with van der Waals surface area (Å²) in [6.45, 7) is 0. The Morgan fingerprint density at radius 1 is 1.12 bits per heavy atom. The van der Waals surface area contributed by atoms with Crippen LogP contribution in [0.15, 0.2) is 74.9 Å². The number of hydrazine groups is 1. The molecule has 3 aromatic rings. The maximum atomic E-state index is 12.9. The van der Waals surface area contributed by atoms with Crippen LogP contribution in [0.5, 0.6) is 0 Å². The summed E-state index contributed by atoms with van der Waals surface area (Å²) in [5.74, 6) is -0.665. The van der Waals surface area contributed by atoms with Crippen LogP contribution in [0.1, 0.15) is 16.1 Å². The summed E-state index contributed by atoms with van der Waals surface area (Å²) in [4.78, 5) is 24.8. The number of aromatic carboxylic acids is 1. The number of anilines is 1. The normalized spacial score (nSPS) is 15.3. The average Bonchev–Trinajstić information content (AvgIpc) is 3.34. The van der Waals surface area contributed by atoms with Crippen LogP contribution in [0, 0.1) is 0 Å². The van der Waals surface area contributed by atoms with Crippen LogP contribution in [0.25, 0.3) is 17.4 Å². The maximum absolute atomic E-state index is 12.9. The zero-order chi connectivity index (χ0) is 23.8. The first-order chi connectivity index (χ1) is 15.6. The van der Waals surface area contributed by atoms with Gasteiger partial charge in [-0.15, -0.1) is 0 Å². The van der Waals surface area contributed by atoms with Crippen LogP contribution in [0.3, 0.4) is 0 Å². The molecule has 1 aliphatic heterocycles. The monoisotopic (exact) mass is 500 g/mol. The molecule has 11 heteroatoms. The van der Waals surface area contributed by atoms with E-state index in [1.807, 2.05) is 0 Å². The van der Waals surface area contributed by atoms with Crippen molar-refractivity contribution in [3.63, 3.8) is 0 Å². The van der Waals surface area contributed by atoms with Crippen LogP contribution in [0.4, 0.5) is 5.69 Å². The fourth-order valence-corrected chi connectivity index (χ4v) is 4.82. The van der Waals surface area contributed by atoms with Gasteiger partial charge in [0, 0.05) is 17.9 Å². The van der Waals surface area contributed by atoms with E-state index in [0.717, 1.165) is 23.0 Å². The fraction of sp³-hybridized carbons (Fsp3) is 0.0455. The lowest BCUT2D eigenvalue weighted by atomic mass is 10.2. The van der Waals surface area contributed by atoms with Crippen molar-refractivity contribution in [1.29, 1.82) is 0 Å². The molecule has 2 aromatic carbocycles. The van der Waals surface area contributed by atoms with E-state index in [0.29, 0.717) is 22.0 Å². The lowest BCUT2D eigenvalue weighted by molar-refractivity contribution is -0.121. The molecule has 1 amide bonds. The Kier molecular flexibility index (Phi) is 6.11. The predicted octanol–water partition coefficient (Wildman–Crippen LogP) is 4.28. The second-order valence-electron chi connectivity index (χ2n) is 6.98. The number of nitrogens with one attached hydrogen (secondary N) is 1. The zero-order valence-electron chi connectivity index (χ0n) is 17.0. The highest BCUT2D eigenvalue weighted by Crippen LogP contribution is 2.34. The molecular formula is C22H16N2O6S3. The number of thiocarbonyl (C=S) groups is 1. The first-order valence-corrected chi connectivity index (χ1v) is 12.5. The molecule has 33 heavy (non-hydrogen) atoms. The lowest BCUT2D eigenvalue weighted by Gasteiger charge is -2.18. The third kappa shape index (κ3) is 4.85. The molecule has 0 unspecified atom stereocenters. The Labute approximate surface area is 198 Å². The number of sulfone groups is 1. The van der Waals surface area contributed by atoms with E-state index < -0.39 is 21.7 Å². The number of furan rings is 1. The van der Waals surface area contributed by atoms with E-state index in [1.165, 1.54) is 18.2 Å². The largest absolute Gasteiger partial charge is 0.478 e. The molecular weight excluding hydrogens is 484 g/mol. The van der Waals surface area contributed by atoms with Gasteiger partial charge in [-0.25, -0.2) is 18.2 Å². The molecule has 168 valence electrons. The number of carbonyl (C=O) groups is 2. The molecule has 4 rings (SSSR count). The second-order valence-corrected chi connectivity index (χ2v) is 10.7. The van der Waals surface area contributed by atoms with E-state index in [4.69, 9.17) is 16.6 Å². The smallest absolute Gasteiger partial charge is 0.337 e. The highest BCUT2D eigenvalue weighted by molar-refractivity contribution is 8.26. The van der Waals surface area contributed by atoms with Gasteiger partial charge in [0.25, 0.3) is 5.91 Å². The number of carboxylic acids is 1. The Morgan fingerprint density at radius 2 is 1.82 bits per heavy atom. The zero-order valence-corrected chi connectivity index (χ0v) is 19.5. The summed E-state index contributed by atoms with van der Waals surface area (Å²) in [6.07, 6.45) is 2.68. The molecule has 0 saturated carbocycles. The minimum atomic E-state index is -3.29. The molecule has 1 saturated heterocycles. The summed E-state index contributed by atoms with van der Waals surface area (Å²) < 4.78 is 29.2. The van der Waals surface area contributed by atoms with Crippen LogP contribution in [0.2, 0.25) is 0 Å². The SMILES string of the molecule is CS(=O)(=O)c1ccc(-c2ccc(/C=C3/SC(=S)N(Nc4ccccc4C(=O)O)C3=O)o2)cc1.